The summed E-state index contributed by atoms with van der Waals surface area (Å²) in [4.78, 5) is 0. The van der Waals surface area contributed by atoms with Crippen molar-refractivity contribution < 1.29 is 6.15 Å². The summed E-state index contributed by atoms with van der Waals surface area (Å²) in [6.07, 6.45) is 1.18. The predicted octanol–water partition coefficient (Wildman–Crippen LogP) is -0.253. The van der Waals surface area contributed by atoms with Crippen molar-refractivity contribution in [2.45, 2.75) is 18.5 Å². The van der Waals surface area contributed by atoms with Gasteiger partial charge in [-0.25, -0.2) is 0 Å². The molecule has 0 saturated carbocycles. The molecule has 3 rings (SSSR count). The summed E-state index contributed by atoms with van der Waals surface area (Å²) in [6, 6.07) is 0.850. The quantitative estimate of drug-likeness (QED) is 0.453. The molecule has 0 amide bonds. The second kappa shape index (κ2) is 1.20. The van der Waals surface area contributed by atoms with Gasteiger partial charge in [-0.2, -0.15) is 0 Å². The van der Waals surface area contributed by atoms with Crippen LogP contribution in [0, 0.1) is 0 Å². The number of rotatable bonds is 0. The van der Waals surface area contributed by atoms with Crippen LogP contribution in [0.15, 0.2) is 0 Å². The maximum atomic E-state index is 7.28. The number of nitrogens with one attached hydrogen (secondary N) is 1. The third kappa shape index (κ3) is 0.469. The molecule has 0 aliphatic carbocycles. The molecule has 2 atom stereocenters. The second-order valence-corrected chi connectivity index (χ2v) is 2.23. The summed E-state index contributed by atoms with van der Waals surface area (Å²) in [5.74, 6) is 0. The van der Waals surface area contributed by atoms with Crippen LogP contribution in [0.1, 0.15) is 6.42 Å². The van der Waals surface area contributed by atoms with Crippen molar-refractivity contribution in [1.29, 1.82) is 0 Å². The molecule has 3 heterocycles. The fourth-order valence-electron chi connectivity index (χ4n) is 1.16. The van der Waals surface area contributed by atoms with E-state index in [0.29, 0.717) is 12.1 Å². The van der Waals surface area contributed by atoms with Gasteiger partial charge in [0.15, 0.2) is 0 Å². The lowest BCUT2D eigenvalue weighted by Crippen LogP contribution is -2.60. The molecule has 0 aromatic heterocycles. The Bertz CT molecular complexity index is 94.6. The van der Waals surface area contributed by atoms with E-state index in [1.54, 1.807) is 5.31 Å². The number of hydrogen-bond acceptors (Lipinski definition) is 2. The minimum atomic E-state index is 0.425. The first-order valence-electron chi connectivity index (χ1n) is 3.17. The van der Waals surface area contributed by atoms with Gasteiger partial charge in [0.25, 0.3) is 0 Å². The number of fused-ring (bicyclic) bond motifs is 2. The lowest BCUT2D eigenvalue weighted by molar-refractivity contribution is -0.0172. The molecule has 0 spiro atoms. The molecule has 2 nitrogen and oxygen atoms in total. The van der Waals surface area contributed by atoms with Gasteiger partial charge in [0, 0.05) is 12.1 Å². The Hall–Kier alpha value is -0.0800. The third-order valence-electron chi connectivity index (χ3n) is 1.59. The van der Waals surface area contributed by atoms with Crippen LogP contribution in [0.5, 0.6) is 0 Å². The summed E-state index contributed by atoms with van der Waals surface area (Å²) in [6.45, 7) is 1.56. The van der Waals surface area contributed by atoms with E-state index in [2.05, 4.69) is 0 Å². The van der Waals surface area contributed by atoms with E-state index in [9.17, 15) is 0 Å². The van der Waals surface area contributed by atoms with Gasteiger partial charge in [0.2, 0.25) is 0 Å². The molecular formula is C5H9NO. The first-order valence-corrected chi connectivity index (χ1v) is 2.73. The van der Waals surface area contributed by atoms with E-state index in [1.165, 1.54) is 6.42 Å². The van der Waals surface area contributed by atoms with Gasteiger partial charge in [0.05, 0.1) is 13.2 Å². The highest BCUT2D eigenvalue weighted by Gasteiger charge is 2.32. The largest absolute Gasteiger partial charge is 0.378 e. The van der Waals surface area contributed by atoms with Crippen molar-refractivity contribution >= 4 is 0 Å². The Morgan fingerprint density at radius 2 is 2.29 bits per heavy atom. The van der Waals surface area contributed by atoms with E-state index in [-0.39, 0.29) is 0 Å². The van der Waals surface area contributed by atoms with Crippen molar-refractivity contribution in [1.82, 2.24) is 5.31 Å². The lowest BCUT2D eigenvalue weighted by atomic mass is 9.96. The fraction of sp³-hybridized carbons (Fsp3) is 1.00. The molecule has 1 N–H and O–H groups in total. The zero-order valence-electron chi connectivity index (χ0n) is 5.13. The minimum Gasteiger partial charge on any atom is -0.378 e. The molecule has 0 radical (unpaired) electrons. The van der Waals surface area contributed by atoms with E-state index in [0.717, 1.165) is 13.2 Å². The van der Waals surface area contributed by atoms with Crippen molar-refractivity contribution in [2.75, 3.05) is 13.2 Å². The van der Waals surface area contributed by atoms with E-state index >= 15 is 0 Å². The Balaban J connectivity index is 2.03. The van der Waals surface area contributed by atoms with Crippen LogP contribution in [0.3, 0.4) is 0 Å². The highest BCUT2D eigenvalue weighted by molar-refractivity contribution is 4.91. The van der Waals surface area contributed by atoms with Crippen molar-refractivity contribution in [2.24, 2.45) is 0 Å². The summed E-state index contributed by atoms with van der Waals surface area (Å²) in [5.41, 5.74) is 0. The molecule has 2 heteroatoms. The molecule has 3 fully saturated rings. The van der Waals surface area contributed by atoms with Crippen LogP contribution < -0.4 is 5.31 Å². The summed E-state index contributed by atoms with van der Waals surface area (Å²) < 4.78 is 12.4. The number of ether oxygens (including phenoxy) is 1. The normalized spacial score (nSPS) is 52.9. The zero-order valence-corrected chi connectivity index (χ0v) is 4.13. The van der Waals surface area contributed by atoms with Crippen molar-refractivity contribution in [3.63, 3.8) is 0 Å². The van der Waals surface area contributed by atoms with Crippen LogP contribution >= 0.6 is 0 Å². The zero-order chi connectivity index (χ0) is 5.56. The molecule has 3 aliphatic heterocycles. The summed E-state index contributed by atoms with van der Waals surface area (Å²) in [7, 11) is 0. The lowest BCUT2D eigenvalue weighted by Gasteiger charge is -2.42. The Morgan fingerprint density at radius 3 is 2.57 bits per heavy atom. The smallest absolute Gasteiger partial charge is 0.123 e. The minimum absolute atomic E-state index is 0.425. The van der Waals surface area contributed by atoms with Gasteiger partial charge in [0.1, 0.15) is 1.41 Å². The molecule has 3 aliphatic rings. The molecule has 40 valence electrons. The van der Waals surface area contributed by atoms with Gasteiger partial charge in [-0.15, -0.1) is 0 Å². The molecule has 2 unspecified atom stereocenters. The topological polar surface area (TPSA) is 21.3 Å². The van der Waals surface area contributed by atoms with Gasteiger partial charge in [-0.1, -0.05) is 0 Å². The summed E-state index contributed by atoms with van der Waals surface area (Å²) in [5, 5.41) is 1.66. The summed E-state index contributed by atoms with van der Waals surface area (Å²) >= 11 is 0. The van der Waals surface area contributed by atoms with Crippen LogP contribution in [-0.2, 0) is 4.74 Å². The van der Waals surface area contributed by atoms with E-state index in [1.807, 2.05) is 0 Å². The Morgan fingerprint density at radius 1 is 1.57 bits per heavy atom. The Kier molecular flexibility index (Phi) is 0.523. The molecular weight excluding hydrogens is 90.1 g/mol. The number of hydrogen-bond donors (Lipinski definition) is 1. The Labute approximate surface area is 44.3 Å². The highest BCUT2D eigenvalue weighted by Crippen LogP contribution is 2.17. The molecule has 2 bridgehead atoms. The average molecular weight is 100 g/mol. The highest BCUT2D eigenvalue weighted by atomic mass is 16.5. The maximum Gasteiger partial charge on any atom is 0.123 e. The first kappa shape index (κ1) is 3.05. The monoisotopic (exact) mass is 100 g/mol. The molecule has 0 aromatic rings. The SMILES string of the molecule is [2H]N1C2COCC1C2. The van der Waals surface area contributed by atoms with Crippen LogP contribution in [-0.4, -0.2) is 25.3 Å². The van der Waals surface area contributed by atoms with Crippen LogP contribution in [0.25, 0.3) is 0 Å². The molecule has 3 saturated heterocycles. The van der Waals surface area contributed by atoms with Gasteiger partial charge in [-0.05, 0) is 6.42 Å². The fourth-order valence-corrected chi connectivity index (χ4v) is 1.16. The van der Waals surface area contributed by atoms with Crippen molar-refractivity contribution in [3.8, 4) is 0 Å². The van der Waals surface area contributed by atoms with E-state index in [4.69, 9.17) is 6.15 Å². The third-order valence-corrected chi connectivity index (χ3v) is 1.59. The van der Waals surface area contributed by atoms with Gasteiger partial charge in [-0.3, -0.25) is 0 Å². The second-order valence-electron chi connectivity index (χ2n) is 2.23. The predicted molar refractivity (Wildman–Crippen MR) is 26.1 cm³/mol. The van der Waals surface area contributed by atoms with Gasteiger partial charge >= 0.3 is 0 Å². The maximum absolute atomic E-state index is 7.28. The first-order chi connectivity index (χ1) is 3.88. The average Bonchev–Trinajstić information content (AvgIpc) is 1.89. The van der Waals surface area contributed by atoms with Crippen LogP contribution in [0.2, 0.25) is 1.41 Å². The number of morpholine rings is 1. The van der Waals surface area contributed by atoms with E-state index < -0.39 is 0 Å². The van der Waals surface area contributed by atoms with Crippen LogP contribution in [0.4, 0.5) is 0 Å². The molecule has 0 aromatic carbocycles. The standard InChI is InChI=1S/C5H9NO/c1-4-2-7-3-5(1)6-4/h4-6H,1-3H2/i/hD. The molecule has 7 heavy (non-hydrogen) atoms. The van der Waals surface area contributed by atoms with Gasteiger partial charge < -0.3 is 10.0 Å². The van der Waals surface area contributed by atoms with Crippen molar-refractivity contribution in [3.05, 3.63) is 0 Å².